The molecule has 82 valence electrons. The van der Waals surface area contributed by atoms with E-state index in [-0.39, 0.29) is 0 Å². The highest BCUT2D eigenvalue weighted by Gasteiger charge is 2.28. The summed E-state index contributed by atoms with van der Waals surface area (Å²) in [6, 6.07) is 8.84. The highest BCUT2D eigenvalue weighted by molar-refractivity contribution is 5.30. The number of nitrogens with one attached hydrogen (secondary N) is 1. The van der Waals surface area contributed by atoms with Gasteiger partial charge in [-0.25, -0.2) is 0 Å². The molecule has 1 fully saturated rings. The quantitative estimate of drug-likeness (QED) is 0.796. The average Bonchev–Trinajstić information content (AvgIpc) is 2.67. The number of benzene rings is 1. The standard InChI is InChI=1S/C14H21N/c1-3-6-12-9-15-10-14(12)13-8-5-4-7-11(13)2/h4-5,7-8,12,14-15H,3,6,9-10H2,1-2H3/t12-,14-/m1/s1. The Kier molecular flexibility index (Phi) is 3.42. The average molecular weight is 203 g/mol. The van der Waals surface area contributed by atoms with Gasteiger partial charge in [0.2, 0.25) is 0 Å². The van der Waals surface area contributed by atoms with Crippen molar-refractivity contribution >= 4 is 0 Å². The van der Waals surface area contributed by atoms with Gasteiger partial charge in [-0.05, 0) is 36.9 Å². The van der Waals surface area contributed by atoms with E-state index >= 15 is 0 Å². The van der Waals surface area contributed by atoms with Gasteiger partial charge in [-0.3, -0.25) is 0 Å². The van der Waals surface area contributed by atoms with E-state index < -0.39 is 0 Å². The third kappa shape index (κ3) is 2.23. The van der Waals surface area contributed by atoms with Crippen molar-refractivity contribution < 1.29 is 0 Å². The van der Waals surface area contributed by atoms with Crippen molar-refractivity contribution in [2.75, 3.05) is 13.1 Å². The molecule has 1 aromatic carbocycles. The Morgan fingerprint density at radius 3 is 2.80 bits per heavy atom. The zero-order chi connectivity index (χ0) is 10.7. The number of hydrogen-bond acceptors (Lipinski definition) is 1. The second kappa shape index (κ2) is 4.80. The fourth-order valence-corrected chi connectivity index (χ4v) is 2.77. The van der Waals surface area contributed by atoms with Crippen LogP contribution in [0.4, 0.5) is 0 Å². The minimum absolute atomic E-state index is 0.742. The summed E-state index contributed by atoms with van der Waals surface area (Å²) in [6.45, 7) is 6.88. The van der Waals surface area contributed by atoms with E-state index in [0.29, 0.717) is 0 Å². The molecule has 0 aromatic heterocycles. The molecule has 1 saturated heterocycles. The molecule has 0 saturated carbocycles. The predicted molar refractivity (Wildman–Crippen MR) is 65.2 cm³/mol. The van der Waals surface area contributed by atoms with Crippen molar-refractivity contribution in [2.24, 2.45) is 5.92 Å². The fraction of sp³-hybridized carbons (Fsp3) is 0.571. The highest BCUT2D eigenvalue weighted by Crippen LogP contribution is 2.32. The van der Waals surface area contributed by atoms with Gasteiger partial charge in [0.15, 0.2) is 0 Å². The summed E-state index contributed by atoms with van der Waals surface area (Å²) in [5.41, 5.74) is 3.01. The number of aryl methyl sites for hydroxylation is 1. The molecule has 1 aliphatic heterocycles. The van der Waals surface area contributed by atoms with Crippen LogP contribution < -0.4 is 5.32 Å². The van der Waals surface area contributed by atoms with Gasteiger partial charge in [0.05, 0.1) is 0 Å². The molecule has 0 spiro atoms. The van der Waals surface area contributed by atoms with E-state index in [1.807, 2.05) is 0 Å². The number of rotatable bonds is 3. The van der Waals surface area contributed by atoms with Crippen molar-refractivity contribution in [3.8, 4) is 0 Å². The lowest BCUT2D eigenvalue weighted by atomic mass is 9.84. The predicted octanol–water partition coefficient (Wildman–Crippen LogP) is 3.10. The van der Waals surface area contributed by atoms with Crippen LogP contribution in [0.2, 0.25) is 0 Å². The van der Waals surface area contributed by atoms with Crippen LogP contribution in [0.5, 0.6) is 0 Å². The van der Waals surface area contributed by atoms with Crippen LogP contribution in [-0.2, 0) is 0 Å². The molecular weight excluding hydrogens is 182 g/mol. The van der Waals surface area contributed by atoms with E-state index in [9.17, 15) is 0 Å². The van der Waals surface area contributed by atoms with E-state index in [2.05, 4.69) is 43.4 Å². The fourth-order valence-electron chi connectivity index (χ4n) is 2.77. The smallest absolute Gasteiger partial charge is 0.00235 e. The lowest BCUT2D eigenvalue weighted by Gasteiger charge is -2.20. The van der Waals surface area contributed by atoms with Crippen LogP contribution in [-0.4, -0.2) is 13.1 Å². The van der Waals surface area contributed by atoms with E-state index in [1.165, 1.54) is 24.9 Å². The normalized spacial score (nSPS) is 25.7. The lowest BCUT2D eigenvalue weighted by Crippen LogP contribution is -2.11. The van der Waals surface area contributed by atoms with Gasteiger partial charge in [0.25, 0.3) is 0 Å². The first-order valence-electron chi connectivity index (χ1n) is 6.09. The topological polar surface area (TPSA) is 12.0 Å². The maximum absolute atomic E-state index is 3.53. The molecule has 2 rings (SSSR count). The molecule has 1 heteroatoms. The van der Waals surface area contributed by atoms with Gasteiger partial charge in [0.1, 0.15) is 0 Å². The summed E-state index contributed by atoms with van der Waals surface area (Å²) in [5.74, 6) is 1.59. The van der Waals surface area contributed by atoms with Crippen molar-refractivity contribution in [2.45, 2.75) is 32.6 Å². The Labute approximate surface area is 92.9 Å². The SMILES string of the molecule is CCC[C@@H]1CNC[C@H]1c1ccccc1C. The van der Waals surface area contributed by atoms with Gasteiger partial charge in [-0.1, -0.05) is 37.6 Å². The molecule has 1 aliphatic rings. The van der Waals surface area contributed by atoms with Gasteiger partial charge in [-0.15, -0.1) is 0 Å². The van der Waals surface area contributed by atoms with Gasteiger partial charge in [-0.2, -0.15) is 0 Å². The van der Waals surface area contributed by atoms with Crippen LogP contribution in [0.3, 0.4) is 0 Å². The van der Waals surface area contributed by atoms with E-state index in [0.717, 1.165) is 18.4 Å². The number of hydrogen-bond donors (Lipinski definition) is 1. The summed E-state index contributed by atoms with van der Waals surface area (Å²) in [4.78, 5) is 0. The summed E-state index contributed by atoms with van der Waals surface area (Å²) in [7, 11) is 0. The molecule has 1 heterocycles. The maximum atomic E-state index is 3.53. The molecule has 0 aliphatic carbocycles. The van der Waals surface area contributed by atoms with Crippen LogP contribution in [0, 0.1) is 12.8 Å². The minimum atomic E-state index is 0.742. The molecule has 0 bridgehead atoms. The van der Waals surface area contributed by atoms with Gasteiger partial charge >= 0.3 is 0 Å². The third-order valence-electron chi connectivity index (χ3n) is 3.59. The first-order chi connectivity index (χ1) is 7.33. The molecule has 1 aromatic rings. The molecular formula is C14H21N. The molecule has 2 atom stereocenters. The second-order valence-corrected chi connectivity index (χ2v) is 4.67. The molecule has 1 N–H and O–H groups in total. The van der Waals surface area contributed by atoms with Crippen LogP contribution in [0.1, 0.15) is 36.8 Å². The first kappa shape index (κ1) is 10.7. The molecule has 15 heavy (non-hydrogen) atoms. The first-order valence-corrected chi connectivity index (χ1v) is 6.09. The largest absolute Gasteiger partial charge is 0.316 e. The van der Waals surface area contributed by atoms with E-state index in [1.54, 1.807) is 5.56 Å². The Morgan fingerprint density at radius 1 is 1.27 bits per heavy atom. The van der Waals surface area contributed by atoms with Crippen molar-refractivity contribution in [1.82, 2.24) is 5.32 Å². The van der Waals surface area contributed by atoms with Crippen LogP contribution >= 0.6 is 0 Å². The van der Waals surface area contributed by atoms with Crippen molar-refractivity contribution in [3.63, 3.8) is 0 Å². The monoisotopic (exact) mass is 203 g/mol. The molecule has 0 radical (unpaired) electrons. The molecule has 0 amide bonds. The van der Waals surface area contributed by atoms with Crippen LogP contribution in [0.25, 0.3) is 0 Å². The zero-order valence-electron chi connectivity index (χ0n) is 9.79. The van der Waals surface area contributed by atoms with Gasteiger partial charge < -0.3 is 5.32 Å². The Balaban J connectivity index is 2.19. The second-order valence-electron chi connectivity index (χ2n) is 4.67. The van der Waals surface area contributed by atoms with Crippen molar-refractivity contribution in [3.05, 3.63) is 35.4 Å². The Bertz CT molecular complexity index is 319. The Morgan fingerprint density at radius 2 is 2.07 bits per heavy atom. The third-order valence-corrected chi connectivity index (χ3v) is 3.59. The summed E-state index contributed by atoms with van der Waals surface area (Å²) in [6.07, 6.45) is 2.65. The highest BCUT2D eigenvalue weighted by atomic mass is 14.9. The Hall–Kier alpha value is -0.820. The summed E-state index contributed by atoms with van der Waals surface area (Å²) >= 11 is 0. The van der Waals surface area contributed by atoms with Crippen LogP contribution in [0.15, 0.2) is 24.3 Å². The summed E-state index contributed by atoms with van der Waals surface area (Å²) in [5, 5.41) is 3.53. The zero-order valence-corrected chi connectivity index (χ0v) is 9.79. The van der Waals surface area contributed by atoms with E-state index in [4.69, 9.17) is 0 Å². The molecule has 0 unspecified atom stereocenters. The minimum Gasteiger partial charge on any atom is -0.316 e. The lowest BCUT2D eigenvalue weighted by molar-refractivity contribution is 0.472. The van der Waals surface area contributed by atoms with Gasteiger partial charge in [0, 0.05) is 12.5 Å². The van der Waals surface area contributed by atoms with Crippen molar-refractivity contribution in [1.29, 1.82) is 0 Å². The maximum Gasteiger partial charge on any atom is 0.00235 e. The molecule has 1 nitrogen and oxygen atoms in total. The summed E-state index contributed by atoms with van der Waals surface area (Å²) < 4.78 is 0.